The molecule has 30 heavy (non-hydrogen) atoms. The van der Waals surface area contributed by atoms with Crippen LogP contribution in [-0.2, 0) is 24.7 Å². The number of amides is 1. The van der Waals surface area contributed by atoms with Gasteiger partial charge in [0.2, 0.25) is 15.9 Å². The van der Waals surface area contributed by atoms with Crippen molar-refractivity contribution in [1.82, 2.24) is 5.32 Å². The molecule has 2 rings (SSSR count). The van der Waals surface area contributed by atoms with Crippen molar-refractivity contribution >= 4 is 43.1 Å². The van der Waals surface area contributed by atoms with E-state index in [-0.39, 0.29) is 16.3 Å². The monoisotopic (exact) mass is 474 g/mol. The van der Waals surface area contributed by atoms with Crippen LogP contribution in [0.5, 0.6) is 5.75 Å². The molecule has 2 aromatic rings. The first-order valence-corrected chi connectivity index (χ1v) is 12.9. The van der Waals surface area contributed by atoms with Gasteiger partial charge in [0.15, 0.2) is 9.84 Å². The Labute approximate surface area is 181 Å². The molecule has 8 nitrogen and oxygen atoms in total. The minimum absolute atomic E-state index is 0.146. The Kier molecular flexibility index (Phi) is 7.38. The van der Waals surface area contributed by atoms with E-state index in [1.165, 1.54) is 31.4 Å². The summed E-state index contributed by atoms with van der Waals surface area (Å²) in [6.07, 6.45) is 2.09. The van der Waals surface area contributed by atoms with E-state index in [2.05, 4.69) is 5.32 Å². The van der Waals surface area contributed by atoms with Crippen LogP contribution in [0, 0.1) is 0 Å². The third-order valence-corrected chi connectivity index (χ3v) is 6.77. The first-order valence-electron chi connectivity index (χ1n) is 8.73. The number of carbonyl (C=O) groups is 1. The number of rotatable bonds is 8. The van der Waals surface area contributed by atoms with Crippen LogP contribution in [0.4, 0.5) is 5.69 Å². The predicted molar refractivity (Wildman–Crippen MR) is 116 cm³/mol. The summed E-state index contributed by atoms with van der Waals surface area (Å²) in [5.74, 6) is -0.302. The number of ether oxygens (including phenoxy) is 1. The molecule has 0 radical (unpaired) electrons. The number of carbonyl (C=O) groups excluding carboxylic acids is 1. The van der Waals surface area contributed by atoms with Gasteiger partial charge in [-0.2, -0.15) is 0 Å². The molecule has 11 heteroatoms. The van der Waals surface area contributed by atoms with Crippen LogP contribution in [0.15, 0.2) is 47.4 Å². The molecule has 0 saturated carbocycles. The van der Waals surface area contributed by atoms with Crippen LogP contribution in [0.2, 0.25) is 5.02 Å². The Hall–Kier alpha value is -2.30. The number of benzene rings is 2. The molecule has 0 aliphatic heterocycles. The lowest BCUT2D eigenvalue weighted by Gasteiger charge is -2.25. The molecule has 1 amide bonds. The van der Waals surface area contributed by atoms with Crippen LogP contribution < -0.4 is 14.4 Å². The summed E-state index contributed by atoms with van der Waals surface area (Å²) in [7, 11) is -5.76. The number of hydrogen-bond donors (Lipinski definition) is 1. The van der Waals surface area contributed by atoms with E-state index in [1.54, 1.807) is 25.1 Å². The third-order valence-electron chi connectivity index (χ3n) is 4.28. The number of methoxy groups -OCH3 is 1. The molecule has 1 N–H and O–H groups in total. The van der Waals surface area contributed by atoms with E-state index in [1.807, 2.05) is 0 Å². The topological polar surface area (TPSA) is 110 Å². The number of sulfone groups is 1. The maximum Gasteiger partial charge on any atom is 0.241 e. The Morgan fingerprint density at radius 2 is 1.70 bits per heavy atom. The number of hydrogen-bond acceptors (Lipinski definition) is 6. The molecular weight excluding hydrogens is 452 g/mol. The van der Waals surface area contributed by atoms with Gasteiger partial charge in [0.1, 0.15) is 12.3 Å². The van der Waals surface area contributed by atoms with Crippen molar-refractivity contribution < 1.29 is 26.4 Å². The summed E-state index contributed by atoms with van der Waals surface area (Å²) in [5.41, 5.74) is 0.815. The lowest BCUT2D eigenvalue weighted by Crippen LogP contribution is -2.41. The molecule has 0 spiro atoms. The van der Waals surface area contributed by atoms with E-state index >= 15 is 0 Å². The molecule has 0 bridgehead atoms. The summed E-state index contributed by atoms with van der Waals surface area (Å²) in [6, 6.07) is 10.1. The van der Waals surface area contributed by atoms with Gasteiger partial charge < -0.3 is 10.1 Å². The third kappa shape index (κ3) is 6.10. The molecule has 0 heterocycles. The van der Waals surface area contributed by atoms with Gasteiger partial charge in [0, 0.05) is 11.3 Å². The van der Waals surface area contributed by atoms with E-state index in [4.69, 9.17) is 16.3 Å². The smallest absolute Gasteiger partial charge is 0.241 e. The zero-order valence-corrected chi connectivity index (χ0v) is 19.3. The maximum atomic E-state index is 12.6. The molecule has 0 aromatic heterocycles. The largest absolute Gasteiger partial charge is 0.495 e. The maximum absolute atomic E-state index is 12.6. The van der Waals surface area contributed by atoms with Crippen molar-refractivity contribution in [3.63, 3.8) is 0 Å². The lowest BCUT2D eigenvalue weighted by atomic mass is 10.1. The fourth-order valence-corrected chi connectivity index (χ4v) is 4.39. The number of anilines is 1. The van der Waals surface area contributed by atoms with E-state index < -0.39 is 38.4 Å². The van der Waals surface area contributed by atoms with Crippen molar-refractivity contribution in [2.24, 2.45) is 0 Å². The summed E-state index contributed by atoms with van der Waals surface area (Å²) >= 11 is 5.99. The van der Waals surface area contributed by atoms with Crippen molar-refractivity contribution in [2.45, 2.75) is 17.9 Å². The first kappa shape index (κ1) is 24.0. The second-order valence-corrected chi connectivity index (χ2v) is 11.1. The van der Waals surface area contributed by atoms with Gasteiger partial charge in [-0.1, -0.05) is 23.7 Å². The quantitative estimate of drug-likeness (QED) is 0.629. The molecular formula is C19H23ClN2O6S2. The first-order chi connectivity index (χ1) is 13.8. The van der Waals surface area contributed by atoms with Crippen molar-refractivity contribution in [1.29, 1.82) is 0 Å². The number of nitrogens with one attached hydrogen (secondary N) is 1. The van der Waals surface area contributed by atoms with Crippen LogP contribution in [0.25, 0.3) is 0 Å². The van der Waals surface area contributed by atoms with E-state index in [0.29, 0.717) is 10.6 Å². The second-order valence-electron chi connectivity index (χ2n) is 6.72. The van der Waals surface area contributed by atoms with Crippen LogP contribution in [0.1, 0.15) is 18.5 Å². The van der Waals surface area contributed by atoms with E-state index in [0.717, 1.165) is 16.8 Å². The average Bonchev–Trinajstić information content (AvgIpc) is 2.64. The van der Waals surface area contributed by atoms with Gasteiger partial charge in [0.25, 0.3) is 0 Å². The highest BCUT2D eigenvalue weighted by Gasteiger charge is 2.25. The highest BCUT2D eigenvalue weighted by atomic mass is 35.5. The van der Waals surface area contributed by atoms with Crippen LogP contribution in [-0.4, -0.2) is 48.9 Å². The summed E-state index contributed by atoms with van der Waals surface area (Å²) in [6.45, 7) is 1.22. The van der Waals surface area contributed by atoms with Crippen molar-refractivity contribution in [3.8, 4) is 5.75 Å². The molecule has 0 fully saturated rings. The molecule has 0 saturated heterocycles. The predicted octanol–water partition coefficient (Wildman–Crippen LogP) is 2.40. The normalized spacial score (nSPS) is 12.8. The molecule has 2 aromatic carbocycles. The Balaban J connectivity index is 2.22. The molecule has 0 aliphatic rings. The number of halogens is 1. The van der Waals surface area contributed by atoms with Crippen LogP contribution >= 0.6 is 11.6 Å². The minimum Gasteiger partial charge on any atom is -0.495 e. The zero-order chi connectivity index (χ0) is 22.7. The fraction of sp³-hybridized carbons (Fsp3) is 0.316. The lowest BCUT2D eigenvalue weighted by molar-refractivity contribution is -0.120. The molecule has 0 unspecified atom stereocenters. The highest BCUT2D eigenvalue weighted by molar-refractivity contribution is 7.92. The molecule has 164 valence electrons. The fourth-order valence-electron chi connectivity index (χ4n) is 2.74. The SMILES string of the molecule is COc1ccc(Cl)cc1N(CC(=O)N[C@@H](C)c1ccc(S(C)(=O)=O)cc1)S(C)(=O)=O. The summed E-state index contributed by atoms with van der Waals surface area (Å²) < 4.78 is 53.9. The van der Waals surface area contributed by atoms with E-state index in [9.17, 15) is 21.6 Å². The Morgan fingerprint density at radius 3 is 2.20 bits per heavy atom. The summed E-state index contributed by atoms with van der Waals surface area (Å²) in [4.78, 5) is 12.7. The van der Waals surface area contributed by atoms with Gasteiger partial charge in [0.05, 0.1) is 30.0 Å². The van der Waals surface area contributed by atoms with Crippen molar-refractivity contribution in [2.75, 3.05) is 30.5 Å². The highest BCUT2D eigenvalue weighted by Crippen LogP contribution is 2.32. The van der Waals surface area contributed by atoms with Gasteiger partial charge in [-0.3, -0.25) is 9.10 Å². The second kappa shape index (κ2) is 9.23. The Morgan fingerprint density at radius 1 is 1.10 bits per heavy atom. The Bertz CT molecular complexity index is 1130. The van der Waals surface area contributed by atoms with Gasteiger partial charge in [-0.15, -0.1) is 0 Å². The number of nitrogens with zero attached hydrogens (tertiary/aromatic N) is 1. The molecule has 1 atom stereocenters. The standard InChI is InChI=1S/C19H23ClN2O6S2/c1-13(14-5-8-16(9-6-14)29(3,24)25)21-19(23)12-22(30(4,26)27)17-11-15(20)7-10-18(17)28-2/h5-11,13H,12H2,1-4H3,(H,21,23)/t13-/m0/s1. The van der Waals surface area contributed by atoms with Gasteiger partial charge in [-0.25, -0.2) is 16.8 Å². The van der Waals surface area contributed by atoms with Crippen molar-refractivity contribution in [3.05, 3.63) is 53.1 Å². The number of sulfonamides is 1. The summed E-state index contributed by atoms with van der Waals surface area (Å²) in [5, 5.41) is 3.00. The molecule has 0 aliphatic carbocycles. The average molecular weight is 475 g/mol. The minimum atomic E-state index is -3.82. The van der Waals surface area contributed by atoms with Gasteiger partial charge in [-0.05, 0) is 42.8 Å². The van der Waals surface area contributed by atoms with Gasteiger partial charge >= 0.3 is 0 Å². The van der Waals surface area contributed by atoms with Crippen LogP contribution in [0.3, 0.4) is 0 Å². The zero-order valence-electron chi connectivity index (χ0n) is 16.9.